The Labute approximate surface area is 563 Å². The maximum absolute atomic E-state index is 5.76. The number of benzene rings is 15. The van der Waals surface area contributed by atoms with E-state index in [0.29, 0.717) is 5.82 Å². The van der Waals surface area contributed by atoms with Crippen molar-refractivity contribution < 1.29 is 4.74 Å². The average Bonchev–Trinajstić information content (AvgIpc) is 1.77. The van der Waals surface area contributed by atoms with Crippen LogP contribution >= 0.6 is 0 Å². The maximum Gasteiger partial charge on any atom is 0.160 e. The van der Waals surface area contributed by atoms with E-state index in [0.717, 1.165) is 122 Å². The zero-order valence-corrected chi connectivity index (χ0v) is 53.3. The van der Waals surface area contributed by atoms with Gasteiger partial charge in [-0.3, -0.25) is 0 Å². The van der Waals surface area contributed by atoms with E-state index in [2.05, 4.69) is 340 Å². The van der Waals surface area contributed by atoms with Gasteiger partial charge in [-0.15, -0.1) is 0 Å². The number of para-hydroxylation sites is 6. The molecule has 0 radical (unpaired) electrons. The van der Waals surface area contributed by atoms with Gasteiger partial charge in [-0.25, -0.2) is 9.97 Å². The van der Waals surface area contributed by atoms with Gasteiger partial charge in [0, 0.05) is 87.7 Å². The molecule has 5 heterocycles. The summed E-state index contributed by atoms with van der Waals surface area (Å²) in [5, 5.41) is 12.7. The minimum Gasteiger partial charge on any atom is -0.497 e. The van der Waals surface area contributed by atoms with Crippen LogP contribution in [0.4, 0.5) is 0 Å². The van der Waals surface area contributed by atoms with E-state index in [9.17, 15) is 0 Å². The quantitative estimate of drug-likeness (QED) is 0.128. The molecule has 0 N–H and O–H groups in total. The summed E-state index contributed by atoms with van der Waals surface area (Å²) in [5.74, 6) is 1.46. The van der Waals surface area contributed by atoms with Crippen molar-refractivity contribution in [3.63, 3.8) is 0 Å². The van der Waals surface area contributed by atoms with Crippen LogP contribution in [0.2, 0.25) is 0 Å². The van der Waals surface area contributed by atoms with Crippen molar-refractivity contribution in [1.29, 1.82) is 0 Å². The normalized spacial score (nSPS) is 11.9. The molecule has 0 saturated heterocycles. The van der Waals surface area contributed by atoms with E-state index in [-0.39, 0.29) is 0 Å². The summed E-state index contributed by atoms with van der Waals surface area (Å²) in [6.07, 6.45) is 0. The third-order valence-corrected chi connectivity index (χ3v) is 20.2. The molecule has 0 aliphatic rings. The van der Waals surface area contributed by atoms with E-state index in [1.807, 2.05) is 12.1 Å². The van der Waals surface area contributed by atoms with Crippen LogP contribution in [0, 0.1) is 0 Å². The SMILES string of the molecule is COc1ccc(-c2cccc(-c3nc(-c4cc(-n5c6ccccc6c6cc(-c7ccc8c(c7)c7ccccc7n8-c7ccccc7)ccc65)cc(-n5c6ccccc6c6cc(-c7ccc8c(c7)c7ccccc7n8-c7ccccc7)ccc65)c4)c4ccc5ccccc5c4n3)c2)cc1. The molecule has 0 bridgehead atoms. The van der Waals surface area contributed by atoms with E-state index in [1.165, 1.54) is 65.2 Å². The van der Waals surface area contributed by atoms with Crippen molar-refractivity contribution in [1.82, 2.24) is 28.2 Å². The molecule has 5 aromatic heterocycles. The van der Waals surface area contributed by atoms with Gasteiger partial charge in [0.05, 0.1) is 62.5 Å². The highest BCUT2D eigenvalue weighted by Crippen LogP contribution is 2.44. The Kier molecular flexibility index (Phi) is 12.4. The minimum absolute atomic E-state index is 0.644. The van der Waals surface area contributed by atoms with Crippen LogP contribution in [0.25, 0.3) is 188 Å². The topological polar surface area (TPSA) is 54.7 Å². The van der Waals surface area contributed by atoms with Gasteiger partial charge >= 0.3 is 0 Å². The molecule has 458 valence electrons. The predicted molar refractivity (Wildman–Crippen MR) is 408 cm³/mol. The van der Waals surface area contributed by atoms with Crippen LogP contribution in [0.1, 0.15) is 0 Å². The fourth-order valence-corrected chi connectivity index (χ4v) is 15.7. The molecule has 0 atom stereocenters. The highest BCUT2D eigenvalue weighted by atomic mass is 16.5. The molecule has 20 aromatic rings. The zero-order chi connectivity index (χ0) is 64.5. The number of methoxy groups -OCH3 is 1. The number of ether oxygens (including phenoxy) is 1. The lowest BCUT2D eigenvalue weighted by Crippen LogP contribution is -2.02. The second-order valence-electron chi connectivity index (χ2n) is 25.6. The fraction of sp³-hybridized carbons (Fsp3) is 0.0110. The van der Waals surface area contributed by atoms with Crippen molar-refractivity contribution in [3.8, 4) is 84.5 Å². The van der Waals surface area contributed by atoms with E-state index >= 15 is 0 Å². The molecule has 15 aromatic carbocycles. The van der Waals surface area contributed by atoms with Crippen LogP contribution in [0.3, 0.4) is 0 Å². The van der Waals surface area contributed by atoms with Crippen molar-refractivity contribution in [2.75, 3.05) is 7.11 Å². The summed E-state index contributed by atoms with van der Waals surface area (Å²) >= 11 is 0. The Hall–Kier alpha value is -13.1. The molecule has 98 heavy (non-hydrogen) atoms. The number of fused-ring (bicyclic) bond motifs is 15. The summed E-state index contributed by atoms with van der Waals surface area (Å²) in [5.41, 5.74) is 23.8. The molecule has 20 rings (SSSR count). The monoisotopic (exact) mass is 1250 g/mol. The smallest absolute Gasteiger partial charge is 0.160 e. The zero-order valence-electron chi connectivity index (χ0n) is 53.3. The molecule has 0 aliphatic heterocycles. The second kappa shape index (κ2) is 22.0. The maximum atomic E-state index is 5.76. The molecule has 0 fully saturated rings. The Morgan fingerprint density at radius 3 is 1.06 bits per heavy atom. The highest BCUT2D eigenvalue weighted by molar-refractivity contribution is 6.16. The van der Waals surface area contributed by atoms with Crippen molar-refractivity contribution in [3.05, 3.63) is 334 Å². The second-order valence-corrected chi connectivity index (χ2v) is 25.6. The Balaban J connectivity index is 0.810. The van der Waals surface area contributed by atoms with E-state index in [1.54, 1.807) is 7.11 Å². The molecular weight excluding hydrogens is 1190 g/mol. The van der Waals surface area contributed by atoms with Crippen LogP contribution in [-0.4, -0.2) is 35.3 Å². The van der Waals surface area contributed by atoms with Crippen LogP contribution in [0.15, 0.2) is 334 Å². The molecule has 7 heteroatoms. The first-order valence-electron chi connectivity index (χ1n) is 33.4. The van der Waals surface area contributed by atoms with E-state index < -0.39 is 0 Å². The number of hydrogen-bond acceptors (Lipinski definition) is 3. The first-order chi connectivity index (χ1) is 48.5. The van der Waals surface area contributed by atoms with Gasteiger partial charge in [-0.1, -0.05) is 194 Å². The first-order valence-corrected chi connectivity index (χ1v) is 33.4. The lowest BCUT2D eigenvalue weighted by atomic mass is 9.99. The fourth-order valence-electron chi connectivity index (χ4n) is 15.7. The Morgan fingerprint density at radius 1 is 0.224 bits per heavy atom. The van der Waals surface area contributed by atoms with Gasteiger partial charge in [0.1, 0.15) is 5.75 Å². The molecule has 0 unspecified atom stereocenters. The van der Waals surface area contributed by atoms with Crippen molar-refractivity contribution >= 4 is 109 Å². The Bertz CT molecular complexity index is 6360. The third kappa shape index (κ3) is 8.69. The number of rotatable bonds is 10. The largest absolute Gasteiger partial charge is 0.497 e. The lowest BCUT2D eigenvalue weighted by Gasteiger charge is -2.17. The van der Waals surface area contributed by atoms with Crippen LogP contribution in [-0.2, 0) is 0 Å². The van der Waals surface area contributed by atoms with Crippen LogP contribution < -0.4 is 4.74 Å². The summed E-state index contributed by atoms with van der Waals surface area (Å²) < 4.78 is 15.3. The molecule has 0 amide bonds. The standard InChI is InChI=1S/C91H58N6O/c1-98-70-42-35-57(36-43-70)59-20-18-21-64(49-59)91-92-89(76-44-37-58-19-8-9-26-71(58)90(76)93-91)65-50-68(96-83-33-16-12-29-74(83)79-54-62(40-47-87(79)96)60-38-45-85-77(52-60)72-27-10-14-31-81(72)94(85)66-22-4-2-5-23-66)56-69(51-65)97-84-34-17-13-30-75(84)80-55-63(41-48-88(80)97)61-39-46-86-78(53-61)73-28-11-15-32-82(73)95(86)67-24-6-3-7-25-67/h2-56H,1H3. The number of hydrogen-bond donors (Lipinski definition) is 0. The van der Waals surface area contributed by atoms with Crippen molar-refractivity contribution in [2.45, 2.75) is 0 Å². The summed E-state index contributed by atoms with van der Waals surface area (Å²) in [6.45, 7) is 0. The van der Waals surface area contributed by atoms with Gasteiger partial charge in [-0.2, -0.15) is 0 Å². The highest BCUT2D eigenvalue weighted by Gasteiger charge is 2.23. The van der Waals surface area contributed by atoms with Crippen LogP contribution in [0.5, 0.6) is 5.75 Å². The van der Waals surface area contributed by atoms with Gasteiger partial charge < -0.3 is 23.0 Å². The number of nitrogens with zero attached hydrogens (tertiary/aromatic N) is 6. The third-order valence-electron chi connectivity index (χ3n) is 20.2. The minimum atomic E-state index is 0.644. The molecule has 0 spiro atoms. The van der Waals surface area contributed by atoms with E-state index in [4.69, 9.17) is 14.7 Å². The van der Waals surface area contributed by atoms with Gasteiger partial charge in [0.15, 0.2) is 5.82 Å². The lowest BCUT2D eigenvalue weighted by molar-refractivity contribution is 0.415. The molecule has 7 nitrogen and oxygen atoms in total. The summed E-state index contributed by atoms with van der Waals surface area (Å²) in [7, 11) is 1.70. The predicted octanol–water partition coefficient (Wildman–Crippen LogP) is 23.5. The Morgan fingerprint density at radius 2 is 0.602 bits per heavy atom. The molecule has 0 aliphatic carbocycles. The summed E-state index contributed by atoms with van der Waals surface area (Å²) in [4.78, 5) is 11.3. The van der Waals surface area contributed by atoms with Gasteiger partial charge in [0.2, 0.25) is 0 Å². The van der Waals surface area contributed by atoms with Crippen molar-refractivity contribution in [2.24, 2.45) is 0 Å². The van der Waals surface area contributed by atoms with Gasteiger partial charge in [0.25, 0.3) is 0 Å². The molecular formula is C91H58N6O. The summed E-state index contributed by atoms with van der Waals surface area (Å²) in [6, 6.07) is 122. The first kappa shape index (κ1) is 55.4. The van der Waals surface area contributed by atoms with Gasteiger partial charge in [-0.05, 0) is 178 Å². The average molecular weight is 1250 g/mol. The molecule has 0 saturated carbocycles. The number of aromatic nitrogens is 6.